The molecule has 0 aliphatic heterocycles. The summed E-state index contributed by atoms with van der Waals surface area (Å²) in [6, 6.07) is 23.0. The highest BCUT2D eigenvalue weighted by Gasteiger charge is 2.11. The summed E-state index contributed by atoms with van der Waals surface area (Å²) in [5, 5.41) is 0. The lowest BCUT2D eigenvalue weighted by molar-refractivity contribution is -0.136. The molecule has 0 amide bonds. The fraction of sp³-hybridized carbons (Fsp3) is 0.200. The van der Waals surface area contributed by atoms with Gasteiger partial charge in [0.1, 0.15) is 30.5 Å². The Morgan fingerprint density at radius 3 is 2.19 bits per heavy atom. The van der Waals surface area contributed by atoms with Crippen molar-refractivity contribution in [3.63, 3.8) is 0 Å². The van der Waals surface area contributed by atoms with Crippen LogP contribution in [0.3, 0.4) is 0 Å². The van der Waals surface area contributed by atoms with Gasteiger partial charge < -0.3 is 18.9 Å². The van der Waals surface area contributed by atoms with Crippen molar-refractivity contribution in [3.8, 4) is 17.2 Å². The maximum atomic E-state index is 12.2. The van der Waals surface area contributed by atoms with Crippen molar-refractivity contribution >= 4 is 11.9 Å². The fourth-order valence-electron chi connectivity index (χ4n) is 2.71. The first-order chi connectivity index (χ1) is 15.1. The Bertz CT molecular complexity index is 982. The van der Waals surface area contributed by atoms with Crippen molar-refractivity contribution in [2.75, 3.05) is 19.8 Å². The van der Waals surface area contributed by atoms with Crippen LogP contribution < -0.4 is 14.2 Å². The summed E-state index contributed by atoms with van der Waals surface area (Å²) in [7, 11) is 0. The van der Waals surface area contributed by atoms with Gasteiger partial charge in [-0.1, -0.05) is 43.3 Å². The van der Waals surface area contributed by atoms with E-state index in [0.717, 1.165) is 6.42 Å². The predicted octanol–water partition coefficient (Wildman–Crippen LogP) is 4.47. The minimum absolute atomic E-state index is 0.0996. The van der Waals surface area contributed by atoms with Crippen LogP contribution in [0.1, 0.15) is 22.8 Å². The van der Waals surface area contributed by atoms with Crippen LogP contribution in [0.2, 0.25) is 0 Å². The first kappa shape index (κ1) is 21.9. The summed E-state index contributed by atoms with van der Waals surface area (Å²) in [5.41, 5.74) is 1.46. The molecule has 0 unspecified atom stereocenters. The zero-order chi connectivity index (χ0) is 21.9. The van der Waals surface area contributed by atoms with Crippen LogP contribution in [0.25, 0.3) is 0 Å². The average Bonchev–Trinajstić information content (AvgIpc) is 2.81. The Morgan fingerprint density at radius 2 is 1.45 bits per heavy atom. The lowest BCUT2D eigenvalue weighted by Gasteiger charge is -2.09. The van der Waals surface area contributed by atoms with Gasteiger partial charge in [0.05, 0.1) is 5.56 Å². The third-order valence-electron chi connectivity index (χ3n) is 4.32. The van der Waals surface area contributed by atoms with Gasteiger partial charge in [-0.2, -0.15) is 0 Å². The van der Waals surface area contributed by atoms with E-state index in [4.69, 9.17) is 18.9 Å². The molecule has 31 heavy (non-hydrogen) atoms. The van der Waals surface area contributed by atoms with Crippen molar-refractivity contribution in [1.29, 1.82) is 0 Å². The molecule has 0 radical (unpaired) electrons. The second-order valence-corrected chi connectivity index (χ2v) is 6.59. The molecule has 0 fully saturated rings. The van der Waals surface area contributed by atoms with Gasteiger partial charge in [0.15, 0.2) is 6.61 Å². The number of hydrogen-bond donors (Lipinski definition) is 0. The number of benzene rings is 3. The molecular weight excluding hydrogens is 396 g/mol. The summed E-state index contributed by atoms with van der Waals surface area (Å²) in [5.74, 6) is 0.438. The Hall–Kier alpha value is -3.80. The number of esters is 2. The van der Waals surface area contributed by atoms with E-state index in [1.807, 2.05) is 54.6 Å². The lowest BCUT2D eigenvalue weighted by atomic mass is 10.2. The molecule has 0 atom stereocenters. The number of hydrogen-bond acceptors (Lipinski definition) is 6. The Morgan fingerprint density at radius 1 is 0.742 bits per heavy atom. The van der Waals surface area contributed by atoms with Crippen molar-refractivity contribution < 1.29 is 28.5 Å². The molecule has 0 saturated carbocycles. The third kappa shape index (κ3) is 7.19. The van der Waals surface area contributed by atoms with Crippen molar-refractivity contribution in [2.45, 2.75) is 13.3 Å². The van der Waals surface area contributed by atoms with Gasteiger partial charge in [-0.3, -0.25) is 0 Å². The number of rotatable bonds is 10. The first-order valence-electron chi connectivity index (χ1n) is 10.0. The van der Waals surface area contributed by atoms with Crippen LogP contribution >= 0.6 is 0 Å². The molecule has 3 aromatic carbocycles. The molecule has 6 heteroatoms. The van der Waals surface area contributed by atoms with Gasteiger partial charge in [0.25, 0.3) is 0 Å². The summed E-state index contributed by atoms with van der Waals surface area (Å²) < 4.78 is 21.4. The molecule has 0 bridgehead atoms. The molecule has 0 aliphatic carbocycles. The summed E-state index contributed by atoms with van der Waals surface area (Å²) in [6.45, 7) is 2.16. The Labute approximate surface area is 181 Å². The predicted molar refractivity (Wildman–Crippen MR) is 116 cm³/mol. The van der Waals surface area contributed by atoms with E-state index in [0.29, 0.717) is 11.5 Å². The zero-order valence-corrected chi connectivity index (χ0v) is 17.3. The van der Waals surface area contributed by atoms with E-state index in [1.54, 1.807) is 18.2 Å². The third-order valence-corrected chi connectivity index (χ3v) is 4.32. The van der Waals surface area contributed by atoms with Crippen LogP contribution in [0.5, 0.6) is 17.2 Å². The molecule has 0 N–H and O–H groups in total. The molecule has 3 rings (SSSR count). The monoisotopic (exact) mass is 420 g/mol. The van der Waals surface area contributed by atoms with Crippen LogP contribution in [-0.2, 0) is 16.0 Å². The van der Waals surface area contributed by atoms with Crippen molar-refractivity contribution in [2.24, 2.45) is 0 Å². The standard InChI is InChI=1S/C25H24O6/c1-2-19-11-13-22(14-12-19)30-18-24(26)31-23-10-6-7-20(17-23)25(27)29-16-15-28-21-8-4-3-5-9-21/h3-14,17H,2,15-16,18H2,1H3. The van der Waals surface area contributed by atoms with E-state index in [1.165, 1.54) is 11.6 Å². The molecule has 0 heterocycles. The number of carbonyl (C=O) groups is 2. The van der Waals surface area contributed by atoms with E-state index in [2.05, 4.69) is 6.92 Å². The Balaban J connectivity index is 1.43. The fourth-order valence-corrected chi connectivity index (χ4v) is 2.71. The smallest absolute Gasteiger partial charge is 0.349 e. The maximum absolute atomic E-state index is 12.2. The normalized spacial score (nSPS) is 10.2. The highest BCUT2D eigenvalue weighted by atomic mass is 16.6. The average molecular weight is 420 g/mol. The molecular formula is C25H24O6. The summed E-state index contributed by atoms with van der Waals surface area (Å²) in [4.78, 5) is 24.3. The van der Waals surface area contributed by atoms with E-state index < -0.39 is 11.9 Å². The molecule has 3 aromatic rings. The zero-order valence-electron chi connectivity index (χ0n) is 17.3. The van der Waals surface area contributed by atoms with Crippen molar-refractivity contribution in [3.05, 3.63) is 90.0 Å². The van der Waals surface area contributed by atoms with E-state index in [-0.39, 0.29) is 31.1 Å². The summed E-state index contributed by atoms with van der Waals surface area (Å²) >= 11 is 0. The van der Waals surface area contributed by atoms with Gasteiger partial charge >= 0.3 is 11.9 Å². The van der Waals surface area contributed by atoms with Gasteiger partial charge in [-0.15, -0.1) is 0 Å². The molecule has 0 aromatic heterocycles. The first-order valence-corrected chi connectivity index (χ1v) is 10.0. The highest BCUT2D eigenvalue weighted by Crippen LogP contribution is 2.16. The minimum Gasteiger partial charge on any atom is -0.490 e. The van der Waals surface area contributed by atoms with E-state index in [9.17, 15) is 9.59 Å². The second-order valence-electron chi connectivity index (χ2n) is 6.59. The molecule has 160 valence electrons. The minimum atomic E-state index is -0.568. The topological polar surface area (TPSA) is 71.1 Å². The number of aryl methyl sites for hydroxylation is 1. The highest BCUT2D eigenvalue weighted by molar-refractivity contribution is 5.90. The van der Waals surface area contributed by atoms with Crippen LogP contribution in [0.4, 0.5) is 0 Å². The van der Waals surface area contributed by atoms with Crippen LogP contribution in [0.15, 0.2) is 78.9 Å². The lowest BCUT2D eigenvalue weighted by Crippen LogP contribution is -2.18. The molecule has 0 saturated heterocycles. The summed E-state index contributed by atoms with van der Waals surface area (Å²) in [6.07, 6.45) is 0.932. The van der Waals surface area contributed by atoms with Gasteiger partial charge in [-0.05, 0) is 54.4 Å². The largest absolute Gasteiger partial charge is 0.490 e. The Kier molecular flexibility index (Phi) is 8.05. The van der Waals surface area contributed by atoms with Crippen LogP contribution in [-0.4, -0.2) is 31.8 Å². The van der Waals surface area contributed by atoms with Crippen molar-refractivity contribution in [1.82, 2.24) is 0 Å². The van der Waals surface area contributed by atoms with Gasteiger partial charge in [0.2, 0.25) is 0 Å². The van der Waals surface area contributed by atoms with Gasteiger partial charge in [0, 0.05) is 0 Å². The van der Waals surface area contributed by atoms with Crippen LogP contribution in [0, 0.1) is 0 Å². The number of carbonyl (C=O) groups excluding carboxylic acids is 2. The second kappa shape index (κ2) is 11.4. The number of para-hydroxylation sites is 1. The SMILES string of the molecule is CCc1ccc(OCC(=O)Oc2cccc(C(=O)OCCOc3ccccc3)c2)cc1. The molecule has 0 spiro atoms. The molecule has 0 aliphatic rings. The maximum Gasteiger partial charge on any atom is 0.349 e. The number of ether oxygens (including phenoxy) is 4. The van der Waals surface area contributed by atoms with E-state index >= 15 is 0 Å². The quantitative estimate of drug-likeness (QED) is 0.274. The van der Waals surface area contributed by atoms with Gasteiger partial charge in [-0.25, -0.2) is 9.59 Å². The molecule has 6 nitrogen and oxygen atoms in total.